The van der Waals surface area contributed by atoms with Crippen LogP contribution in [-0.4, -0.2) is 21.6 Å². The van der Waals surface area contributed by atoms with Crippen molar-refractivity contribution >= 4 is 10.0 Å². The van der Waals surface area contributed by atoms with Gasteiger partial charge in [-0.2, -0.15) is 0 Å². The molecule has 0 radical (unpaired) electrons. The summed E-state index contributed by atoms with van der Waals surface area (Å²) in [6.07, 6.45) is 1.49. The van der Waals surface area contributed by atoms with Gasteiger partial charge < -0.3 is 4.74 Å². The van der Waals surface area contributed by atoms with Gasteiger partial charge in [0.15, 0.2) is 0 Å². The van der Waals surface area contributed by atoms with E-state index in [2.05, 4.69) is 4.72 Å². The van der Waals surface area contributed by atoms with E-state index < -0.39 is 15.6 Å². The maximum atomic E-state index is 12.8. The highest BCUT2D eigenvalue weighted by molar-refractivity contribution is 7.89. The van der Waals surface area contributed by atoms with Crippen molar-refractivity contribution in [2.75, 3.05) is 13.2 Å². The standard InChI is InChI=1S/C19H23NO3S/c1-3-15-10-11-16(4-2)18(12-15)24(21,22)20-13-19(14-23-19)17-8-6-5-7-9-17/h5-12,20H,3-4,13-14H2,1-2H3. The summed E-state index contributed by atoms with van der Waals surface area (Å²) in [4.78, 5) is 0.383. The topological polar surface area (TPSA) is 58.7 Å². The zero-order valence-corrected chi connectivity index (χ0v) is 14.9. The van der Waals surface area contributed by atoms with E-state index in [0.29, 0.717) is 17.9 Å². The molecule has 1 atom stereocenters. The molecular formula is C19H23NO3S. The van der Waals surface area contributed by atoms with Gasteiger partial charge in [0, 0.05) is 6.54 Å². The summed E-state index contributed by atoms with van der Waals surface area (Å²) in [6, 6.07) is 15.4. The van der Waals surface area contributed by atoms with Crippen LogP contribution in [0.15, 0.2) is 53.4 Å². The van der Waals surface area contributed by atoms with Crippen molar-refractivity contribution in [3.63, 3.8) is 0 Å². The molecule has 0 amide bonds. The lowest BCUT2D eigenvalue weighted by atomic mass is 10.0. The Morgan fingerprint density at radius 3 is 2.38 bits per heavy atom. The molecule has 5 heteroatoms. The third-order valence-electron chi connectivity index (χ3n) is 4.55. The zero-order valence-electron chi connectivity index (χ0n) is 14.1. The van der Waals surface area contributed by atoms with Crippen LogP contribution in [0.5, 0.6) is 0 Å². The van der Waals surface area contributed by atoms with Crippen LogP contribution in [0.2, 0.25) is 0 Å². The second kappa shape index (κ2) is 6.67. The SMILES string of the molecule is CCc1ccc(CC)c(S(=O)(=O)NCC2(c3ccccc3)CO2)c1. The monoisotopic (exact) mass is 345 g/mol. The van der Waals surface area contributed by atoms with E-state index in [-0.39, 0.29) is 6.54 Å². The number of hydrogen-bond donors (Lipinski definition) is 1. The van der Waals surface area contributed by atoms with Gasteiger partial charge in [-0.15, -0.1) is 0 Å². The third-order valence-corrected chi connectivity index (χ3v) is 6.03. The van der Waals surface area contributed by atoms with E-state index in [1.165, 1.54) is 0 Å². The quantitative estimate of drug-likeness (QED) is 0.785. The van der Waals surface area contributed by atoms with Crippen LogP contribution in [-0.2, 0) is 33.2 Å². The minimum atomic E-state index is -3.57. The molecule has 0 saturated carbocycles. The second-order valence-electron chi connectivity index (χ2n) is 6.12. The summed E-state index contributed by atoms with van der Waals surface area (Å²) in [5.41, 5.74) is 2.34. The number of hydrogen-bond acceptors (Lipinski definition) is 3. The molecule has 0 aromatic heterocycles. The highest BCUT2D eigenvalue weighted by Gasteiger charge is 2.47. The van der Waals surface area contributed by atoms with Gasteiger partial charge in [0.1, 0.15) is 5.60 Å². The van der Waals surface area contributed by atoms with Crippen molar-refractivity contribution in [2.24, 2.45) is 0 Å². The first kappa shape index (κ1) is 17.1. The summed E-state index contributed by atoms with van der Waals surface area (Å²) >= 11 is 0. The van der Waals surface area contributed by atoms with Gasteiger partial charge >= 0.3 is 0 Å². The summed E-state index contributed by atoms with van der Waals surface area (Å²) < 4.78 is 34.0. The normalized spacial score (nSPS) is 20.1. The lowest BCUT2D eigenvalue weighted by Crippen LogP contribution is -2.33. The molecule has 2 aromatic carbocycles. The molecular weight excluding hydrogens is 322 g/mol. The van der Waals surface area contributed by atoms with E-state index in [1.54, 1.807) is 6.07 Å². The van der Waals surface area contributed by atoms with Crippen molar-refractivity contribution in [3.05, 3.63) is 65.2 Å². The van der Waals surface area contributed by atoms with E-state index in [1.807, 2.05) is 56.3 Å². The summed E-state index contributed by atoms with van der Waals surface area (Å²) in [7, 11) is -3.57. The van der Waals surface area contributed by atoms with Gasteiger partial charge in [-0.3, -0.25) is 0 Å². The fourth-order valence-corrected chi connectivity index (χ4v) is 4.29. The lowest BCUT2D eigenvalue weighted by Gasteiger charge is -2.16. The molecule has 1 aliphatic heterocycles. The van der Waals surface area contributed by atoms with Gasteiger partial charge in [0.2, 0.25) is 10.0 Å². The van der Waals surface area contributed by atoms with Crippen LogP contribution in [0, 0.1) is 0 Å². The predicted octanol–water partition coefficient (Wildman–Crippen LogP) is 3.02. The van der Waals surface area contributed by atoms with Crippen molar-refractivity contribution in [3.8, 4) is 0 Å². The Morgan fingerprint density at radius 1 is 1.08 bits per heavy atom. The minimum Gasteiger partial charge on any atom is -0.363 e. The third kappa shape index (κ3) is 3.38. The Bertz CT molecular complexity index is 812. The van der Waals surface area contributed by atoms with Crippen molar-refractivity contribution in [1.29, 1.82) is 0 Å². The molecule has 3 rings (SSSR count). The largest absolute Gasteiger partial charge is 0.363 e. The Labute approximate surface area is 143 Å². The van der Waals surface area contributed by atoms with E-state index in [0.717, 1.165) is 23.1 Å². The maximum Gasteiger partial charge on any atom is 0.240 e. The van der Waals surface area contributed by atoms with Crippen LogP contribution in [0.1, 0.15) is 30.5 Å². The smallest absolute Gasteiger partial charge is 0.240 e. The number of rotatable bonds is 7. The molecule has 4 nitrogen and oxygen atoms in total. The molecule has 1 saturated heterocycles. The van der Waals surface area contributed by atoms with Crippen LogP contribution in [0.25, 0.3) is 0 Å². The Morgan fingerprint density at radius 2 is 1.79 bits per heavy atom. The van der Waals surface area contributed by atoms with E-state index in [9.17, 15) is 8.42 Å². The van der Waals surface area contributed by atoms with Crippen LogP contribution < -0.4 is 4.72 Å². The molecule has 1 N–H and O–H groups in total. The fraction of sp³-hybridized carbons (Fsp3) is 0.368. The van der Waals surface area contributed by atoms with Crippen LogP contribution in [0.3, 0.4) is 0 Å². The second-order valence-corrected chi connectivity index (χ2v) is 7.86. The van der Waals surface area contributed by atoms with Crippen molar-refractivity contribution < 1.29 is 13.2 Å². The fourth-order valence-electron chi connectivity index (χ4n) is 2.85. The molecule has 1 unspecified atom stereocenters. The van der Waals surface area contributed by atoms with Gasteiger partial charge in [-0.05, 0) is 35.6 Å². The molecule has 0 aliphatic carbocycles. The van der Waals surface area contributed by atoms with E-state index >= 15 is 0 Å². The summed E-state index contributed by atoms with van der Waals surface area (Å²) in [5.74, 6) is 0. The van der Waals surface area contributed by atoms with Crippen molar-refractivity contribution in [1.82, 2.24) is 4.72 Å². The van der Waals surface area contributed by atoms with Gasteiger partial charge in [-0.1, -0.05) is 56.3 Å². The molecule has 1 heterocycles. The average molecular weight is 345 g/mol. The lowest BCUT2D eigenvalue weighted by molar-refractivity contribution is 0.308. The predicted molar refractivity (Wildman–Crippen MR) is 94.5 cm³/mol. The first-order valence-corrected chi connectivity index (χ1v) is 9.80. The molecule has 0 bridgehead atoms. The number of aryl methyl sites for hydroxylation is 2. The van der Waals surface area contributed by atoms with Gasteiger partial charge in [0.05, 0.1) is 11.5 Å². The Hall–Kier alpha value is -1.69. The number of sulfonamides is 1. The van der Waals surface area contributed by atoms with Gasteiger partial charge in [0.25, 0.3) is 0 Å². The molecule has 2 aromatic rings. The molecule has 0 spiro atoms. The Balaban J connectivity index is 1.82. The highest BCUT2D eigenvalue weighted by atomic mass is 32.2. The molecule has 128 valence electrons. The zero-order chi connectivity index (χ0) is 17.2. The summed E-state index contributed by atoms with van der Waals surface area (Å²) in [6.45, 7) is 4.77. The minimum absolute atomic E-state index is 0.249. The maximum absolute atomic E-state index is 12.8. The Kier molecular flexibility index (Phi) is 4.76. The number of nitrogens with one attached hydrogen (secondary N) is 1. The van der Waals surface area contributed by atoms with Crippen LogP contribution in [0.4, 0.5) is 0 Å². The first-order chi connectivity index (χ1) is 11.5. The van der Waals surface area contributed by atoms with Gasteiger partial charge in [-0.25, -0.2) is 13.1 Å². The van der Waals surface area contributed by atoms with Crippen molar-refractivity contribution in [2.45, 2.75) is 37.2 Å². The number of epoxide rings is 1. The van der Waals surface area contributed by atoms with E-state index in [4.69, 9.17) is 4.74 Å². The number of benzene rings is 2. The summed E-state index contributed by atoms with van der Waals surface area (Å²) in [5, 5.41) is 0. The number of ether oxygens (including phenoxy) is 1. The first-order valence-electron chi connectivity index (χ1n) is 8.32. The highest BCUT2D eigenvalue weighted by Crippen LogP contribution is 2.38. The van der Waals surface area contributed by atoms with Crippen LogP contribution >= 0.6 is 0 Å². The average Bonchev–Trinajstić information content (AvgIpc) is 3.41. The molecule has 1 aliphatic rings. The molecule has 24 heavy (non-hydrogen) atoms. The molecule has 1 fully saturated rings.